The van der Waals surface area contributed by atoms with Crippen molar-refractivity contribution in [2.24, 2.45) is 5.92 Å². The van der Waals surface area contributed by atoms with Gasteiger partial charge in [0.05, 0.1) is 5.92 Å². The molecule has 6 nitrogen and oxygen atoms in total. The molecule has 2 heterocycles. The summed E-state index contributed by atoms with van der Waals surface area (Å²) in [6.45, 7) is -0.244. The molecule has 0 aromatic carbocycles. The molecule has 17 heavy (non-hydrogen) atoms. The number of carboxylic acids is 1. The maximum atomic E-state index is 11.9. The molecule has 0 aromatic heterocycles. The van der Waals surface area contributed by atoms with Gasteiger partial charge in [-0.15, -0.1) is 0 Å². The van der Waals surface area contributed by atoms with Gasteiger partial charge >= 0.3 is 5.97 Å². The lowest BCUT2D eigenvalue weighted by atomic mass is 9.88. The highest BCUT2D eigenvalue weighted by Gasteiger charge is 2.43. The summed E-state index contributed by atoms with van der Waals surface area (Å²) in [5.41, 5.74) is 0. The quantitative estimate of drug-likeness (QED) is 0.500. The summed E-state index contributed by atoms with van der Waals surface area (Å²) in [7, 11) is 0. The molecule has 6 heteroatoms. The molecule has 0 aromatic rings. The Morgan fingerprint density at radius 1 is 1.41 bits per heavy atom. The SMILES string of the molecule is O=C(O)C(CCO)NC(=O)C1CC2CCC1N2. The van der Waals surface area contributed by atoms with Crippen molar-refractivity contribution in [1.29, 1.82) is 0 Å². The fourth-order valence-corrected chi connectivity index (χ4v) is 2.78. The first kappa shape index (κ1) is 12.3. The second-order valence-electron chi connectivity index (χ2n) is 4.80. The summed E-state index contributed by atoms with van der Waals surface area (Å²) in [4.78, 5) is 22.8. The highest BCUT2D eigenvalue weighted by Crippen LogP contribution is 2.33. The molecule has 2 bridgehead atoms. The van der Waals surface area contributed by atoms with Gasteiger partial charge in [0.1, 0.15) is 6.04 Å². The predicted molar refractivity (Wildman–Crippen MR) is 59.3 cm³/mol. The smallest absolute Gasteiger partial charge is 0.326 e. The van der Waals surface area contributed by atoms with Gasteiger partial charge in [-0.3, -0.25) is 4.79 Å². The maximum absolute atomic E-state index is 11.9. The lowest BCUT2D eigenvalue weighted by molar-refractivity contribution is -0.143. The molecule has 2 rings (SSSR count). The Bertz CT molecular complexity index is 321. The zero-order valence-electron chi connectivity index (χ0n) is 9.56. The van der Waals surface area contributed by atoms with Crippen LogP contribution in [0, 0.1) is 5.92 Å². The lowest BCUT2D eigenvalue weighted by Gasteiger charge is -2.21. The van der Waals surface area contributed by atoms with E-state index < -0.39 is 12.0 Å². The monoisotopic (exact) mass is 242 g/mol. The third-order valence-electron chi connectivity index (χ3n) is 3.67. The van der Waals surface area contributed by atoms with E-state index in [1.165, 1.54) is 0 Å². The van der Waals surface area contributed by atoms with Crippen LogP contribution in [-0.4, -0.2) is 46.8 Å². The van der Waals surface area contributed by atoms with E-state index in [-0.39, 0.29) is 30.9 Å². The standard InChI is InChI=1S/C11H18N2O4/c14-4-3-9(11(16)17)13-10(15)7-5-6-1-2-8(7)12-6/h6-9,12,14H,1-5H2,(H,13,15)(H,16,17). The Hall–Kier alpha value is -1.14. The van der Waals surface area contributed by atoms with Crippen LogP contribution in [0.2, 0.25) is 0 Å². The number of carboxylic acid groups (broad SMARTS) is 1. The normalized spacial score (nSPS) is 32.4. The third-order valence-corrected chi connectivity index (χ3v) is 3.67. The first-order valence-corrected chi connectivity index (χ1v) is 6.02. The van der Waals surface area contributed by atoms with Gasteiger partial charge in [0.15, 0.2) is 0 Å². The third kappa shape index (κ3) is 2.58. The number of carbonyl (C=O) groups is 2. The van der Waals surface area contributed by atoms with Gasteiger partial charge < -0.3 is 20.8 Å². The lowest BCUT2D eigenvalue weighted by Crippen LogP contribution is -2.46. The molecular weight excluding hydrogens is 224 g/mol. The highest BCUT2D eigenvalue weighted by atomic mass is 16.4. The van der Waals surface area contributed by atoms with Gasteiger partial charge in [-0.2, -0.15) is 0 Å². The minimum atomic E-state index is -1.09. The summed E-state index contributed by atoms with van der Waals surface area (Å²) in [5.74, 6) is -1.41. The summed E-state index contributed by atoms with van der Waals surface area (Å²) in [6.07, 6.45) is 2.94. The molecule has 4 unspecified atom stereocenters. The topological polar surface area (TPSA) is 98.7 Å². The van der Waals surface area contributed by atoms with E-state index in [4.69, 9.17) is 10.2 Å². The number of carbonyl (C=O) groups excluding carboxylic acids is 1. The number of hydrogen-bond acceptors (Lipinski definition) is 4. The van der Waals surface area contributed by atoms with Crippen LogP contribution >= 0.6 is 0 Å². The van der Waals surface area contributed by atoms with E-state index in [1.54, 1.807) is 0 Å². The minimum absolute atomic E-state index is 0.0509. The first-order chi connectivity index (χ1) is 8.11. The number of fused-ring (bicyclic) bond motifs is 2. The molecule has 4 atom stereocenters. The second-order valence-corrected chi connectivity index (χ2v) is 4.80. The summed E-state index contributed by atoms with van der Waals surface area (Å²) in [5, 5.41) is 23.5. The highest BCUT2D eigenvalue weighted by molar-refractivity contribution is 5.85. The molecule has 0 radical (unpaired) electrons. The van der Waals surface area contributed by atoms with Crippen molar-refractivity contribution in [2.45, 2.75) is 43.8 Å². The van der Waals surface area contributed by atoms with E-state index >= 15 is 0 Å². The summed E-state index contributed by atoms with van der Waals surface area (Å²) < 4.78 is 0. The molecule has 2 aliphatic rings. The summed E-state index contributed by atoms with van der Waals surface area (Å²) >= 11 is 0. The molecule has 96 valence electrons. The van der Waals surface area contributed by atoms with Crippen molar-refractivity contribution in [1.82, 2.24) is 10.6 Å². The fraction of sp³-hybridized carbons (Fsp3) is 0.818. The molecule has 4 N–H and O–H groups in total. The van der Waals surface area contributed by atoms with Crippen LogP contribution in [0.25, 0.3) is 0 Å². The van der Waals surface area contributed by atoms with Gasteiger partial charge in [-0.1, -0.05) is 0 Å². The van der Waals surface area contributed by atoms with E-state index in [0.717, 1.165) is 19.3 Å². The molecule has 1 amide bonds. The van der Waals surface area contributed by atoms with E-state index in [1.807, 2.05) is 0 Å². The predicted octanol–water partition coefficient (Wildman–Crippen LogP) is -0.921. The van der Waals surface area contributed by atoms with Gasteiger partial charge in [-0.05, 0) is 19.3 Å². The van der Waals surface area contributed by atoms with Crippen LogP contribution in [0.3, 0.4) is 0 Å². The Morgan fingerprint density at radius 2 is 2.18 bits per heavy atom. The fourth-order valence-electron chi connectivity index (χ4n) is 2.78. The Kier molecular flexibility index (Phi) is 3.63. The first-order valence-electron chi connectivity index (χ1n) is 6.02. The van der Waals surface area contributed by atoms with Crippen LogP contribution in [0.15, 0.2) is 0 Å². The number of amides is 1. The number of aliphatic hydroxyl groups excluding tert-OH is 1. The molecule has 0 spiro atoms. The van der Waals surface area contributed by atoms with Crippen LogP contribution in [0.1, 0.15) is 25.7 Å². The van der Waals surface area contributed by atoms with Crippen molar-refractivity contribution >= 4 is 11.9 Å². The summed E-state index contributed by atoms with van der Waals surface area (Å²) in [6, 6.07) is -0.368. The Balaban J connectivity index is 1.89. The van der Waals surface area contributed by atoms with Crippen molar-refractivity contribution in [3.05, 3.63) is 0 Å². The molecule has 2 saturated heterocycles. The molecule has 2 aliphatic heterocycles. The van der Waals surface area contributed by atoms with E-state index in [2.05, 4.69) is 10.6 Å². The number of rotatable bonds is 5. The number of nitrogens with one attached hydrogen (secondary N) is 2. The average molecular weight is 242 g/mol. The number of aliphatic carboxylic acids is 1. The van der Waals surface area contributed by atoms with Gasteiger partial charge in [0, 0.05) is 25.1 Å². The van der Waals surface area contributed by atoms with Gasteiger partial charge in [0.25, 0.3) is 0 Å². The Labute approximate surface area is 99.4 Å². The van der Waals surface area contributed by atoms with Crippen LogP contribution in [0.4, 0.5) is 0 Å². The van der Waals surface area contributed by atoms with Crippen LogP contribution in [0.5, 0.6) is 0 Å². The number of hydrogen-bond donors (Lipinski definition) is 4. The Morgan fingerprint density at radius 3 is 2.65 bits per heavy atom. The molecule has 0 aliphatic carbocycles. The van der Waals surface area contributed by atoms with Crippen molar-refractivity contribution in [2.75, 3.05) is 6.61 Å². The van der Waals surface area contributed by atoms with Crippen molar-refractivity contribution < 1.29 is 19.8 Å². The molecule has 2 fully saturated rings. The van der Waals surface area contributed by atoms with E-state index in [9.17, 15) is 9.59 Å². The average Bonchev–Trinajstić information content (AvgIpc) is 2.89. The van der Waals surface area contributed by atoms with Crippen LogP contribution in [-0.2, 0) is 9.59 Å². The van der Waals surface area contributed by atoms with E-state index in [0.29, 0.717) is 6.04 Å². The van der Waals surface area contributed by atoms with Crippen molar-refractivity contribution in [3.8, 4) is 0 Å². The van der Waals surface area contributed by atoms with Crippen molar-refractivity contribution in [3.63, 3.8) is 0 Å². The second kappa shape index (κ2) is 5.01. The largest absolute Gasteiger partial charge is 0.480 e. The zero-order chi connectivity index (χ0) is 12.4. The van der Waals surface area contributed by atoms with Crippen LogP contribution < -0.4 is 10.6 Å². The maximum Gasteiger partial charge on any atom is 0.326 e. The number of aliphatic hydroxyl groups is 1. The zero-order valence-corrected chi connectivity index (χ0v) is 9.56. The molecule has 0 saturated carbocycles. The minimum Gasteiger partial charge on any atom is -0.480 e. The van der Waals surface area contributed by atoms with Gasteiger partial charge in [-0.25, -0.2) is 4.79 Å². The van der Waals surface area contributed by atoms with Gasteiger partial charge in [0.2, 0.25) is 5.91 Å². The molecular formula is C11H18N2O4.